The lowest BCUT2D eigenvalue weighted by Gasteiger charge is -2.36. The van der Waals surface area contributed by atoms with Crippen LogP contribution in [-0.4, -0.2) is 74.2 Å². The number of methoxy groups -OCH3 is 1. The summed E-state index contributed by atoms with van der Waals surface area (Å²) >= 11 is 0. The van der Waals surface area contributed by atoms with Crippen LogP contribution in [0.3, 0.4) is 0 Å². The molecular formula is C28H36FN3O4. The van der Waals surface area contributed by atoms with Gasteiger partial charge in [-0.2, -0.15) is 0 Å². The van der Waals surface area contributed by atoms with E-state index in [1.165, 1.54) is 37.1 Å². The number of rotatable bonds is 5. The number of benzene rings is 2. The largest absolute Gasteiger partial charge is 0.491 e. The topological polar surface area (TPSA) is 71.1 Å². The number of carbonyl (C=O) groups is 2. The summed E-state index contributed by atoms with van der Waals surface area (Å²) in [6.07, 6.45) is 2.43. The Morgan fingerprint density at radius 3 is 2.64 bits per heavy atom. The smallest absolute Gasteiger partial charge is 0.257 e. The van der Waals surface area contributed by atoms with Gasteiger partial charge in [-0.1, -0.05) is 13.0 Å². The first-order valence-corrected chi connectivity index (χ1v) is 12.6. The van der Waals surface area contributed by atoms with E-state index in [1.54, 1.807) is 37.3 Å². The first kappa shape index (κ1) is 26.1. The number of nitrogens with one attached hydrogen (secondary N) is 1. The molecule has 2 aliphatic rings. The Morgan fingerprint density at radius 2 is 1.94 bits per heavy atom. The van der Waals surface area contributed by atoms with Gasteiger partial charge in [0.25, 0.3) is 11.8 Å². The van der Waals surface area contributed by atoms with Crippen molar-refractivity contribution in [3.05, 3.63) is 59.4 Å². The van der Waals surface area contributed by atoms with E-state index in [9.17, 15) is 14.0 Å². The molecule has 0 spiro atoms. The number of fused-ring (bicyclic) bond motifs is 1. The Hall–Kier alpha value is -2.97. The van der Waals surface area contributed by atoms with E-state index in [0.29, 0.717) is 30.2 Å². The predicted molar refractivity (Wildman–Crippen MR) is 137 cm³/mol. The van der Waals surface area contributed by atoms with Gasteiger partial charge < -0.3 is 19.7 Å². The van der Waals surface area contributed by atoms with Crippen LogP contribution in [0.4, 0.5) is 10.1 Å². The van der Waals surface area contributed by atoms with Crippen LogP contribution in [0.25, 0.3) is 0 Å². The molecule has 2 amide bonds. The molecule has 2 aromatic rings. The molecule has 1 saturated carbocycles. The van der Waals surface area contributed by atoms with Crippen molar-refractivity contribution in [3.8, 4) is 5.75 Å². The summed E-state index contributed by atoms with van der Waals surface area (Å²) in [5.41, 5.74) is 0.989. The lowest BCUT2D eigenvalue weighted by molar-refractivity contribution is 0.00994. The first-order chi connectivity index (χ1) is 17.2. The van der Waals surface area contributed by atoms with Gasteiger partial charge >= 0.3 is 0 Å². The molecular weight excluding hydrogens is 461 g/mol. The number of carbonyl (C=O) groups excluding carboxylic acids is 2. The van der Waals surface area contributed by atoms with Gasteiger partial charge in [0.1, 0.15) is 18.2 Å². The molecule has 0 bridgehead atoms. The van der Waals surface area contributed by atoms with Crippen LogP contribution in [0.5, 0.6) is 5.75 Å². The molecule has 1 aliphatic heterocycles. The van der Waals surface area contributed by atoms with Crippen molar-refractivity contribution in [2.45, 2.75) is 38.8 Å². The molecule has 36 heavy (non-hydrogen) atoms. The van der Waals surface area contributed by atoms with Gasteiger partial charge in [0.15, 0.2) is 0 Å². The van der Waals surface area contributed by atoms with Gasteiger partial charge in [0, 0.05) is 51.1 Å². The fourth-order valence-electron chi connectivity index (χ4n) is 4.65. The van der Waals surface area contributed by atoms with Crippen LogP contribution in [-0.2, 0) is 4.74 Å². The van der Waals surface area contributed by atoms with E-state index in [-0.39, 0.29) is 29.5 Å². The minimum absolute atomic E-state index is 0.118. The van der Waals surface area contributed by atoms with Gasteiger partial charge in [-0.05, 0) is 68.0 Å². The lowest BCUT2D eigenvalue weighted by Crippen LogP contribution is -2.47. The Morgan fingerprint density at radius 1 is 1.17 bits per heavy atom. The lowest BCUT2D eigenvalue weighted by atomic mass is 10.0. The molecule has 3 atom stereocenters. The van der Waals surface area contributed by atoms with Crippen molar-refractivity contribution in [2.75, 3.05) is 45.7 Å². The summed E-state index contributed by atoms with van der Waals surface area (Å²) in [7, 11) is 3.44. The third-order valence-corrected chi connectivity index (χ3v) is 7.11. The summed E-state index contributed by atoms with van der Waals surface area (Å²) in [6.45, 7) is 7.11. The molecule has 8 heteroatoms. The van der Waals surface area contributed by atoms with Crippen LogP contribution in [0.15, 0.2) is 42.5 Å². The second-order valence-corrected chi connectivity index (χ2v) is 10.2. The molecule has 4 rings (SSSR count). The van der Waals surface area contributed by atoms with E-state index in [1.807, 2.05) is 0 Å². The summed E-state index contributed by atoms with van der Waals surface area (Å²) in [4.78, 5) is 30.3. The van der Waals surface area contributed by atoms with E-state index in [2.05, 4.69) is 24.1 Å². The van der Waals surface area contributed by atoms with Crippen molar-refractivity contribution >= 4 is 17.5 Å². The zero-order valence-corrected chi connectivity index (χ0v) is 21.5. The number of hydrogen-bond acceptors (Lipinski definition) is 5. The Kier molecular flexibility index (Phi) is 8.26. The van der Waals surface area contributed by atoms with Crippen molar-refractivity contribution < 1.29 is 23.5 Å². The normalized spacial score (nSPS) is 23.8. The van der Waals surface area contributed by atoms with Gasteiger partial charge in [-0.25, -0.2) is 4.39 Å². The molecule has 1 fully saturated rings. The average Bonchev–Trinajstić information content (AvgIpc) is 3.68. The third kappa shape index (κ3) is 6.42. The van der Waals surface area contributed by atoms with Crippen LogP contribution in [0, 0.1) is 17.7 Å². The predicted octanol–water partition coefficient (Wildman–Crippen LogP) is 4.29. The minimum atomic E-state index is -0.489. The number of ether oxygens (including phenoxy) is 2. The van der Waals surface area contributed by atoms with Crippen LogP contribution in [0.1, 0.15) is 47.4 Å². The summed E-state index contributed by atoms with van der Waals surface area (Å²) in [5.74, 6) is 0.274. The molecule has 7 nitrogen and oxygen atoms in total. The number of amides is 2. The Labute approximate surface area is 212 Å². The summed E-state index contributed by atoms with van der Waals surface area (Å²) in [6, 6.07) is 10.7. The highest BCUT2D eigenvalue weighted by Gasteiger charge is 2.31. The van der Waals surface area contributed by atoms with E-state index < -0.39 is 11.7 Å². The average molecular weight is 498 g/mol. The molecule has 0 saturated heterocycles. The van der Waals surface area contributed by atoms with E-state index >= 15 is 0 Å². The van der Waals surface area contributed by atoms with Crippen molar-refractivity contribution in [3.63, 3.8) is 0 Å². The fraction of sp³-hybridized carbons (Fsp3) is 0.500. The van der Waals surface area contributed by atoms with Crippen molar-refractivity contribution in [1.29, 1.82) is 0 Å². The van der Waals surface area contributed by atoms with Crippen LogP contribution < -0.4 is 10.1 Å². The van der Waals surface area contributed by atoms with Gasteiger partial charge in [0.05, 0.1) is 11.7 Å². The molecule has 1 N–H and O–H groups in total. The quantitative estimate of drug-likeness (QED) is 0.667. The monoisotopic (exact) mass is 497 g/mol. The fourth-order valence-corrected chi connectivity index (χ4v) is 4.65. The molecule has 0 unspecified atom stereocenters. The summed E-state index contributed by atoms with van der Waals surface area (Å²) in [5, 5.41) is 2.76. The van der Waals surface area contributed by atoms with Gasteiger partial charge in [-0.3, -0.25) is 14.5 Å². The van der Waals surface area contributed by atoms with Crippen LogP contribution in [0.2, 0.25) is 0 Å². The first-order valence-electron chi connectivity index (χ1n) is 12.6. The number of halogens is 1. The zero-order valence-electron chi connectivity index (χ0n) is 21.5. The Bertz CT molecular complexity index is 1090. The van der Waals surface area contributed by atoms with Crippen molar-refractivity contribution in [2.24, 2.45) is 11.8 Å². The van der Waals surface area contributed by atoms with E-state index in [4.69, 9.17) is 9.47 Å². The van der Waals surface area contributed by atoms with E-state index in [0.717, 1.165) is 19.0 Å². The maximum atomic E-state index is 13.6. The molecule has 1 heterocycles. The highest BCUT2D eigenvalue weighted by atomic mass is 19.1. The second-order valence-electron chi connectivity index (χ2n) is 10.2. The SMILES string of the molecule is CO[C@H]1CN(C)C(=O)c2cc(NC(=O)c3cccc(F)c3)ccc2OC[C@H](C)N(CC2CC2)C[C@@H]1C. The number of anilines is 1. The zero-order chi connectivity index (χ0) is 25.8. The molecule has 0 radical (unpaired) electrons. The van der Waals surface area contributed by atoms with Crippen molar-refractivity contribution in [1.82, 2.24) is 9.80 Å². The molecule has 2 aromatic carbocycles. The second kappa shape index (κ2) is 11.4. The minimum Gasteiger partial charge on any atom is -0.491 e. The highest BCUT2D eigenvalue weighted by Crippen LogP contribution is 2.32. The number of hydrogen-bond donors (Lipinski definition) is 1. The number of likely N-dealkylation sites (N-methyl/N-ethyl adjacent to an activating group) is 1. The third-order valence-electron chi connectivity index (χ3n) is 7.11. The molecule has 194 valence electrons. The standard InChI is InChI=1S/C28H36FN3O4/c1-18-14-32(15-20-8-9-20)19(2)17-36-25-11-10-23(30-27(33)21-6-5-7-22(29)12-21)13-24(25)28(34)31(3)16-26(18)35-4/h5-7,10-13,18-20,26H,8-9,14-17H2,1-4H3,(H,30,33)/t18-,19-,26-/m0/s1. The molecule has 1 aliphatic carbocycles. The summed E-state index contributed by atoms with van der Waals surface area (Å²) < 4.78 is 25.6. The highest BCUT2D eigenvalue weighted by molar-refractivity contribution is 6.05. The maximum absolute atomic E-state index is 13.6. The molecule has 0 aromatic heterocycles. The van der Waals surface area contributed by atoms with Crippen LogP contribution >= 0.6 is 0 Å². The maximum Gasteiger partial charge on any atom is 0.257 e. The van der Waals surface area contributed by atoms with Gasteiger partial charge in [0.2, 0.25) is 0 Å². The number of nitrogens with zero attached hydrogens (tertiary/aromatic N) is 2. The van der Waals surface area contributed by atoms with Gasteiger partial charge in [-0.15, -0.1) is 0 Å². The Balaban J connectivity index is 1.61.